The lowest BCUT2D eigenvalue weighted by Gasteiger charge is -2.23. The van der Waals surface area contributed by atoms with Crippen molar-refractivity contribution in [3.05, 3.63) is 94.3 Å². The Morgan fingerprint density at radius 2 is 1.94 bits per heavy atom. The van der Waals surface area contributed by atoms with E-state index in [0.717, 1.165) is 28.0 Å². The van der Waals surface area contributed by atoms with Crippen LogP contribution in [0, 0.1) is 0 Å². The molecule has 0 saturated heterocycles. The molecule has 6 rings (SSSR count). The highest BCUT2D eigenvalue weighted by Crippen LogP contribution is 2.40. The van der Waals surface area contributed by atoms with Gasteiger partial charge in [-0.05, 0) is 48.1 Å². The zero-order chi connectivity index (χ0) is 23.2. The number of H-pyrrole nitrogens is 1. The minimum Gasteiger partial charge on any atom is -0.344 e. The van der Waals surface area contributed by atoms with Crippen LogP contribution in [0.2, 0.25) is 0 Å². The molecule has 2 aromatic carbocycles. The number of hydrogen-bond donors (Lipinski definition) is 3. The summed E-state index contributed by atoms with van der Waals surface area (Å²) in [5.74, 6) is 1.48. The number of anilines is 1. The monoisotopic (exact) mass is 454 g/mol. The number of fused-ring (bicyclic) bond motifs is 1. The molecule has 2 aromatic heterocycles. The maximum absolute atomic E-state index is 14.5. The number of aromatic amines is 1. The SMILES string of the molecule is Cn1cc(-c2ccc(C3N=CC(F)=C(Nc4ccc5c(=O)[nH]ccc5c4)N3)cc2)nc1C1CC1. The van der Waals surface area contributed by atoms with Crippen LogP contribution in [-0.4, -0.2) is 20.7 Å². The van der Waals surface area contributed by atoms with Crippen LogP contribution in [0.3, 0.4) is 0 Å². The second-order valence-electron chi connectivity index (χ2n) is 8.77. The van der Waals surface area contributed by atoms with Crippen LogP contribution in [0.15, 0.2) is 82.4 Å². The lowest BCUT2D eigenvalue weighted by Crippen LogP contribution is -2.28. The smallest absolute Gasteiger partial charge is 0.255 e. The predicted octanol–water partition coefficient (Wildman–Crippen LogP) is 4.73. The van der Waals surface area contributed by atoms with Crippen molar-refractivity contribution in [3.8, 4) is 11.3 Å². The molecule has 3 N–H and O–H groups in total. The quantitative estimate of drug-likeness (QED) is 0.407. The number of aryl methyl sites for hydroxylation is 1. The molecule has 0 radical (unpaired) electrons. The molecule has 3 heterocycles. The Labute approximate surface area is 195 Å². The van der Waals surface area contributed by atoms with Gasteiger partial charge in [-0.2, -0.15) is 0 Å². The molecule has 1 atom stereocenters. The first-order valence-electron chi connectivity index (χ1n) is 11.3. The van der Waals surface area contributed by atoms with Crippen LogP contribution in [0.1, 0.15) is 36.3 Å². The number of imidazole rings is 1. The average Bonchev–Trinajstić information content (AvgIpc) is 3.62. The Balaban J connectivity index is 1.20. The van der Waals surface area contributed by atoms with Gasteiger partial charge in [-0.25, -0.2) is 9.37 Å². The van der Waals surface area contributed by atoms with Gasteiger partial charge in [0.05, 0.1) is 11.9 Å². The van der Waals surface area contributed by atoms with Gasteiger partial charge in [0.15, 0.2) is 5.83 Å². The fourth-order valence-electron chi connectivity index (χ4n) is 4.30. The number of pyridine rings is 1. The summed E-state index contributed by atoms with van der Waals surface area (Å²) in [6, 6.07) is 15.1. The van der Waals surface area contributed by atoms with Gasteiger partial charge < -0.3 is 20.2 Å². The molecule has 0 spiro atoms. The second-order valence-corrected chi connectivity index (χ2v) is 8.77. The van der Waals surface area contributed by atoms with Gasteiger partial charge in [0.1, 0.15) is 17.8 Å². The highest BCUT2D eigenvalue weighted by Gasteiger charge is 2.28. The average molecular weight is 455 g/mol. The van der Waals surface area contributed by atoms with E-state index in [4.69, 9.17) is 4.98 Å². The van der Waals surface area contributed by atoms with Crippen LogP contribution in [0.4, 0.5) is 10.1 Å². The summed E-state index contributed by atoms with van der Waals surface area (Å²) in [5.41, 5.74) is 3.42. The van der Waals surface area contributed by atoms with Gasteiger partial charge in [0.25, 0.3) is 5.56 Å². The van der Waals surface area contributed by atoms with E-state index in [9.17, 15) is 9.18 Å². The van der Waals surface area contributed by atoms with Gasteiger partial charge in [-0.3, -0.25) is 9.79 Å². The third kappa shape index (κ3) is 3.77. The number of allylic oxidation sites excluding steroid dienone is 1. The summed E-state index contributed by atoms with van der Waals surface area (Å²) >= 11 is 0. The van der Waals surface area contributed by atoms with E-state index >= 15 is 0 Å². The summed E-state index contributed by atoms with van der Waals surface area (Å²) < 4.78 is 16.6. The molecular weight excluding hydrogens is 431 g/mol. The Bertz CT molecular complexity index is 1510. The first-order valence-corrected chi connectivity index (χ1v) is 11.3. The topological polar surface area (TPSA) is 87.1 Å². The molecule has 7 nitrogen and oxygen atoms in total. The summed E-state index contributed by atoms with van der Waals surface area (Å²) in [6.07, 6.45) is 6.89. The summed E-state index contributed by atoms with van der Waals surface area (Å²) in [5, 5.41) is 7.56. The largest absolute Gasteiger partial charge is 0.344 e. The first-order chi connectivity index (χ1) is 16.5. The van der Waals surface area contributed by atoms with Crippen molar-refractivity contribution in [1.82, 2.24) is 19.9 Å². The first kappa shape index (κ1) is 20.4. The predicted molar refractivity (Wildman–Crippen MR) is 131 cm³/mol. The molecule has 0 bridgehead atoms. The van der Waals surface area contributed by atoms with E-state index in [0.29, 0.717) is 17.0 Å². The summed E-state index contributed by atoms with van der Waals surface area (Å²) in [7, 11) is 2.04. The summed E-state index contributed by atoms with van der Waals surface area (Å²) in [6.45, 7) is 0. The van der Waals surface area contributed by atoms with Crippen molar-refractivity contribution in [1.29, 1.82) is 0 Å². The fraction of sp³-hybridized carbons (Fsp3) is 0.192. The molecule has 1 aliphatic heterocycles. The van der Waals surface area contributed by atoms with Crippen LogP contribution < -0.4 is 16.2 Å². The fourth-order valence-corrected chi connectivity index (χ4v) is 4.30. The van der Waals surface area contributed by atoms with Crippen molar-refractivity contribution in [2.45, 2.75) is 24.9 Å². The van der Waals surface area contributed by atoms with E-state index in [2.05, 4.69) is 31.4 Å². The third-order valence-electron chi connectivity index (χ3n) is 6.28. The molecular formula is C26H23FN6O. The molecule has 1 fully saturated rings. The number of rotatable bonds is 5. The molecule has 2 aliphatic rings. The van der Waals surface area contributed by atoms with Gasteiger partial charge in [0, 0.05) is 42.0 Å². The molecule has 4 aromatic rings. The molecule has 1 unspecified atom stereocenters. The Morgan fingerprint density at radius 1 is 1.12 bits per heavy atom. The van der Waals surface area contributed by atoms with Crippen molar-refractivity contribution >= 4 is 22.7 Å². The zero-order valence-corrected chi connectivity index (χ0v) is 18.5. The van der Waals surface area contributed by atoms with Crippen LogP contribution in [0.25, 0.3) is 22.0 Å². The minimum atomic E-state index is -0.486. The van der Waals surface area contributed by atoms with Crippen molar-refractivity contribution in [2.75, 3.05) is 5.32 Å². The van der Waals surface area contributed by atoms with Crippen molar-refractivity contribution in [3.63, 3.8) is 0 Å². The lowest BCUT2D eigenvalue weighted by atomic mass is 10.1. The van der Waals surface area contributed by atoms with E-state index < -0.39 is 12.0 Å². The molecule has 8 heteroatoms. The van der Waals surface area contributed by atoms with Crippen LogP contribution in [0.5, 0.6) is 0 Å². The van der Waals surface area contributed by atoms with Crippen molar-refractivity contribution < 1.29 is 4.39 Å². The Kier molecular flexibility index (Phi) is 4.79. The Hall–Kier alpha value is -4.20. The Morgan fingerprint density at radius 3 is 2.74 bits per heavy atom. The molecule has 0 amide bonds. The van der Waals surface area contributed by atoms with Crippen LogP contribution in [-0.2, 0) is 7.05 Å². The van der Waals surface area contributed by atoms with Crippen LogP contribution >= 0.6 is 0 Å². The van der Waals surface area contributed by atoms with Gasteiger partial charge in [-0.1, -0.05) is 24.3 Å². The normalized spacial score (nSPS) is 17.8. The second kappa shape index (κ2) is 7.98. The maximum Gasteiger partial charge on any atom is 0.255 e. The number of halogens is 1. The number of benzene rings is 2. The lowest BCUT2D eigenvalue weighted by molar-refractivity contribution is 0.570. The molecule has 1 aliphatic carbocycles. The van der Waals surface area contributed by atoms with E-state index in [1.807, 2.05) is 43.4 Å². The number of nitrogens with zero attached hydrogens (tertiary/aromatic N) is 3. The molecule has 1 saturated carbocycles. The number of aromatic nitrogens is 3. The highest BCUT2D eigenvalue weighted by atomic mass is 19.1. The van der Waals surface area contributed by atoms with Crippen molar-refractivity contribution in [2.24, 2.45) is 12.0 Å². The molecule has 170 valence electrons. The van der Waals surface area contributed by atoms with E-state index in [1.54, 1.807) is 18.3 Å². The molecule has 34 heavy (non-hydrogen) atoms. The maximum atomic E-state index is 14.5. The highest BCUT2D eigenvalue weighted by molar-refractivity contribution is 5.85. The van der Waals surface area contributed by atoms with Gasteiger partial charge in [-0.15, -0.1) is 0 Å². The number of aliphatic imine (C=N–C) groups is 1. The third-order valence-corrected chi connectivity index (χ3v) is 6.28. The summed E-state index contributed by atoms with van der Waals surface area (Å²) in [4.78, 5) is 23.7. The standard InChI is InChI=1S/C26H23FN6O/c1-33-14-22(31-25(33)17-6-7-17)15-2-4-16(5-3-15)23-29-13-21(27)24(32-23)30-19-8-9-20-18(12-19)10-11-28-26(20)34/h2-5,8-14,17,23,30,32H,6-7H2,1H3,(H,28,34). The van der Waals surface area contributed by atoms with Gasteiger partial charge >= 0.3 is 0 Å². The van der Waals surface area contributed by atoms with E-state index in [-0.39, 0.29) is 11.4 Å². The number of nitrogens with one attached hydrogen (secondary N) is 3. The zero-order valence-electron chi connectivity index (χ0n) is 18.5. The number of hydrogen-bond acceptors (Lipinski definition) is 5. The van der Waals surface area contributed by atoms with E-state index in [1.165, 1.54) is 19.1 Å². The minimum absolute atomic E-state index is 0.157. The van der Waals surface area contributed by atoms with Gasteiger partial charge in [0.2, 0.25) is 0 Å².